The molecule has 0 aliphatic carbocycles. The molecule has 0 atom stereocenters. The van der Waals surface area contributed by atoms with Crippen LogP contribution in [0.4, 0.5) is 4.79 Å². The molecule has 1 aromatic carbocycles. The van der Waals surface area contributed by atoms with Crippen molar-refractivity contribution >= 4 is 17.0 Å². The van der Waals surface area contributed by atoms with E-state index in [0.717, 1.165) is 4.90 Å². The average molecular weight is 233 g/mol. The monoisotopic (exact) mass is 233 g/mol. The Balaban J connectivity index is 2.44. The molecule has 1 aromatic heterocycles. The molecule has 0 aliphatic heterocycles. The van der Waals surface area contributed by atoms with Gasteiger partial charge in [0.25, 0.3) is 5.56 Å². The predicted molar refractivity (Wildman–Crippen MR) is 61.9 cm³/mol. The zero-order valence-corrected chi connectivity index (χ0v) is 9.17. The van der Waals surface area contributed by atoms with Crippen molar-refractivity contribution in [2.45, 2.75) is 6.54 Å². The lowest BCUT2D eigenvalue weighted by Crippen LogP contribution is -2.26. The molecular weight excluding hydrogens is 222 g/mol. The Morgan fingerprint density at radius 1 is 1.47 bits per heavy atom. The van der Waals surface area contributed by atoms with Gasteiger partial charge < -0.3 is 15.0 Å². The first kappa shape index (κ1) is 11.1. The number of hydrogen-bond donors (Lipinski definition) is 2. The van der Waals surface area contributed by atoms with Crippen LogP contribution in [0.15, 0.2) is 29.1 Å². The Kier molecular flexibility index (Phi) is 2.78. The summed E-state index contributed by atoms with van der Waals surface area (Å²) in [5, 5.41) is 9.23. The van der Waals surface area contributed by atoms with Gasteiger partial charge in [-0.15, -0.1) is 0 Å². The molecule has 2 aromatic rings. The summed E-state index contributed by atoms with van der Waals surface area (Å²) < 4.78 is 0. The van der Waals surface area contributed by atoms with Gasteiger partial charge in [-0.2, -0.15) is 0 Å². The standard InChI is InChI=1S/C11H11N3O3/c1-14(11(16)17)6-9-12-8-5-3-2-4-7(8)10(15)13-9/h2-5H,6H2,1H3,(H,16,17)(H,12,13,15). The Labute approximate surface area is 96.5 Å². The van der Waals surface area contributed by atoms with E-state index in [0.29, 0.717) is 16.7 Å². The number of H-pyrrole nitrogens is 1. The van der Waals surface area contributed by atoms with Crippen LogP contribution in [0.1, 0.15) is 5.82 Å². The van der Waals surface area contributed by atoms with E-state index in [1.807, 2.05) is 0 Å². The van der Waals surface area contributed by atoms with Crippen LogP contribution in [0, 0.1) is 0 Å². The lowest BCUT2D eigenvalue weighted by molar-refractivity contribution is 0.152. The zero-order chi connectivity index (χ0) is 12.4. The van der Waals surface area contributed by atoms with E-state index >= 15 is 0 Å². The summed E-state index contributed by atoms with van der Waals surface area (Å²) in [5.74, 6) is 0.332. The fourth-order valence-electron chi connectivity index (χ4n) is 1.50. The molecule has 0 saturated carbocycles. The van der Waals surface area contributed by atoms with Crippen LogP contribution < -0.4 is 5.56 Å². The molecule has 17 heavy (non-hydrogen) atoms. The molecule has 0 aliphatic rings. The van der Waals surface area contributed by atoms with Crippen molar-refractivity contribution in [3.05, 3.63) is 40.4 Å². The maximum absolute atomic E-state index is 11.7. The number of nitrogens with one attached hydrogen (secondary N) is 1. The third kappa shape index (κ3) is 2.25. The number of amides is 1. The van der Waals surface area contributed by atoms with Crippen molar-refractivity contribution in [3.8, 4) is 0 Å². The summed E-state index contributed by atoms with van der Waals surface area (Å²) in [6.07, 6.45) is -1.07. The van der Waals surface area contributed by atoms with E-state index in [9.17, 15) is 9.59 Å². The summed E-state index contributed by atoms with van der Waals surface area (Å²) in [6.45, 7) is 0.0510. The van der Waals surface area contributed by atoms with Crippen molar-refractivity contribution in [2.75, 3.05) is 7.05 Å². The number of para-hydroxylation sites is 1. The summed E-state index contributed by atoms with van der Waals surface area (Å²) >= 11 is 0. The van der Waals surface area contributed by atoms with E-state index in [4.69, 9.17) is 5.11 Å². The quantitative estimate of drug-likeness (QED) is 0.811. The van der Waals surface area contributed by atoms with Crippen LogP contribution in [0.5, 0.6) is 0 Å². The molecule has 0 spiro atoms. The lowest BCUT2D eigenvalue weighted by atomic mass is 10.2. The van der Waals surface area contributed by atoms with E-state index in [2.05, 4.69) is 9.97 Å². The van der Waals surface area contributed by atoms with Gasteiger partial charge in [-0.25, -0.2) is 9.78 Å². The van der Waals surface area contributed by atoms with Gasteiger partial charge in [0, 0.05) is 7.05 Å². The number of benzene rings is 1. The molecule has 0 saturated heterocycles. The highest BCUT2D eigenvalue weighted by Crippen LogP contribution is 2.06. The first-order valence-electron chi connectivity index (χ1n) is 5.00. The molecule has 0 unspecified atom stereocenters. The van der Waals surface area contributed by atoms with Crippen LogP contribution >= 0.6 is 0 Å². The number of carboxylic acid groups (broad SMARTS) is 1. The highest BCUT2D eigenvalue weighted by Gasteiger charge is 2.09. The SMILES string of the molecule is CN(Cc1nc2ccccc2c(=O)[nH]1)C(=O)O. The van der Waals surface area contributed by atoms with Gasteiger partial charge in [0.15, 0.2) is 0 Å². The van der Waals surface area contributed by atoms with Gasteiger partial charge in [0.05, 0.1) is 17.4 Å². The van der Waals surface area contributed by atoms with Gasteiger partial charge in [0.1, 0.15) is 5.82 Å². The molecule has 2 N–H and O–H groups in total. The molecule has 1 amide bonds. The first-order chi connectivity index (χ1) is 8.08. The first-order valence-corrected chi connectivity index (χ1v) is 5.00. The van der Waals surface area contributed by atoms with Crippen molar-refractivity contribution in [2.24, 2.45) is 0 Å². The number of aromatic nitrogens is 2. The van der Waals surface area contributed by atoms with Gasteiger partial charge in [-0.3, -0.25) is 4.79 Å². The summed E-state index contributed by atoms with van der Waals surface area (Å²) in [4.78, 5) is 30.2. The van der Waals surface area contributed by atoms with E-state index < -0.39 is 6.09 Å². The third-order valence-electron chi connectivity index (χ3n) is 2.38. The summed E-state index contributed by atoms with van der Waals surface area (Å²) in [6, 6.07) is 6.92. The smallest absolute Gasteiger partial charge is 0.407 e. The van der Waals surface area contributed by atoms with E-state index in [1.54, 1.807) is 24.3 Å². The highest BCUT2D eigenvalue weighted by molar-refractivity contribution is 5.77. The van der Waals surface area contributed by atoms with Crippen molar-refractivity contribution in [1.29, 1.82) is 0 Å². The molecule has 1 heterocycles. The van der Waals surface area contributed by atoms with Crippen LogP contribution in [0.2, 0.25) is 0 Å². The Morgan fingerprint density at radius 2 is 2.18 bits per heavy atom. The molecular formula is C11H11N3O3. The molecule has 2 rings (SSSR count). The number of nitrogens with zero attached hydrogens (tertiary/aromatic N) is 2. The van der Waals surface area contributed by atoms with Crippen LogP contribution in [-0.2, 0) is 6.54 Å². The second kappa shape index (κ2) is 4.25. The normalized spacial score (nSPS) is 10.4. The van der Waals surface area contributed by atoms with Crippen LogP contribution in [0.3, 0.4) is 0 Å². The third-order valence-corrected chi connectivity index (χ3v) is 2.38. The molecule has 0 bridgehead atoms. The minimum absolute atomic E-state index is 0.0510. The second-order valence-corrected chi connectivity index (χ2v) is 3.67. The molecule has 6 heteroatoms. The lowest BCUT2D eigenvalue weighted by Gasteiger charge is -2.11. The number of carbonyl (C=O) groups is 1. The van der Waals surface area contributed by atoms with Gasteiger partial charge in [0.2, 0.25) is 0 Å². The van der Waals surface area contributed by atoms with Gasteiger partial charge >= 0.3 is 6.09 Å². The largest absolute Gasteiger partial charge is 0.465 e. The predicted octanol–water partition coefficient (Wildman–Crippen LogP) is 1.03. The van der Waals surface area contributed by atoms with Crippen LogP contribution in [0.25, 0.3) is 10.9 Å². The summed E-state index contributed by atoms with van der Waals surface area (Å²) in [5.41, 5.74) is 0.300. The minimum atomic E-state index is -1.07. The van der Waals surface area contributed by atoms with Crippen molar-refractivity contribution < 1.29 is 9.90 Å². The number of rotatable bonds is 2. The maximum Gasteiger partial charge on any atom is 0.407 e. The molecule has 88 valence electrons. The fraction of sp³-hybridized carbons (Fsp3) is 0.182. The molecule has 0 fully saturated rings. The topological polar surface area (TPSA) is 86.3 Å². The fourth-order valence-corrected chi connectivity index (χ4v) is 1.50. The van der Waals surface area contributed by atoms with Crippen molar-refractivity contribution in [1.82, 2.24) is 14.9 Å². The average Bonchev–Trinajstić information content (AvgIpc) is 2.29. The maximum atomic E-state index is 11.7. The Bertz CT molecular complexity index is 621. The second-order valence-electron chi connectivity index (χ2n) is 3.67. The van der Waals surface area contributed by atoms with E-state index in [-0.39, 0.29) is 12.1 Å². The number of fused-ring (bicyclic) bond motifs is 1. The van der Waals surface area contributed by atoms with Crippen molar-refractivity contribution in [3.63, 3.8) is 0 Å². The summed E-state index contributed by atoms with van der Waals surface area (Å²) in [7, 11) is 1.41. The van der Waals surface area contributed by atoms with Gasteiger partial charge in [-0.05, 0) is 12.1 Å². The van der Waals surface area contributed by atoms with Gasteiger partial charge in [-0.1, -0.05) is 12.1 Å². The highest BCUT2D eigenvalue weighted by atomic mass is 16.4. The molecule has 0 radical (unpaired) electrons. The Morgan fingerprint density at radius 3 is 2.88 bits per heavy atom. The zero-order valence-electron chi connectivity index (χ0n) is 9.17. The molecule has 6 nitrogen and oxygen atoms in total. The van der Waals surface area contributed by atoms with E-state index in [1.165, 1.54) is 7.05 Å². The minimum Gasteiger partial charge on any atom is -0.465 e. The number of hydrogen-bond acceptors (Lipinski definition) is 3. The number of aromatic amines is 1. The Hall–Kier alpha value is -2.37. The van der Waals surface area contributed by atoms with Crippen LogP contribution in [-0.4, -0.2) is 33.1 Å².